The Balaban J connectivity index is 2.18. The quantitative estimate of drug-likeness (QED) is 0.816. The van der Waals surface area contributed by atoms with E-state index in [1.54, 1.807) is 5.01 Å². The standard InChI is InChI=1S/C16H22N2O/c1-12(2)14-10-15(19)18(17-14)16(3,4)11-13-8-6-5-7-9-13/h5-9,12H,10-11H2,1-4H3. The molecule has 3 nitrogen and oxygen atoms in total. The van der Waals surface area contributed by atoms with Gasteiger partial charge in [0.2, 0.25) is 5.91 Å². The normalized spacial score (nSPS) is 16.2. The number of amides is 1. The minimum atomic E-state index is -0.283. The summed E-state index contributed by atoms with van der Waals surface area (Å²) in [5.74, 6) is 0.450. The van der Waals surface area contributed by atoms with Gasteiger partial charge in [0.1, 0.15) is 0 Å². The monoisotopic (exact) mass is 258 g/mol. The van der Waals surface area contributed by atoms with Crippen LogP contribution in [0.25, 0.3) is 0 Å². The van der Waals surface area contributed by atoms with Crippen LogP contribution < -0.4 is 0 Å². The third-order valence-electron chi connectivity index (χ3n) is 3.52. The first-order valence-corrected chi connectivity index (χ1v) is 6.84. The molecule has 102 valence electrons. The van der Waals surface area contributed by atoms with E-state index in [1.807, 2.05) is 18.2 Å². The van der Waals surface area contributed by atoms with Gasteiger partial charge in [0, 0.05) is 0 Å². The fourth-order valence-corrected chi connectivity index (χ4v) is 2.41. The van der Waals surface area contributed by atoms with Crippen LogP contribution in [0.3, 0.4) is 0 Å². The van der Waals surface area contributed by atoms with Crippen molar-refractivity contribution in [1.29, 1.82) is 0 Å². The second kappa shape index (κ2) is 5.16. The van der Waals surface area contributed by atoms with E-state index < -0.39 is 0 Å². The van der Waals surface area contributed by atoms with Crippen LogP contribution in [0.15, 0.2) is 35.4 Å². The summed E-state index contributed by atoms with van der Waals surface area (Å²) in [6.45, 7) is 8.31. The van der Waals surface area contributed by atoms with E-state index in [0.717, 1.165) is 12.1 Å². The summed E-state index contributed by atoms with van der Waals surface area (Å²) in [7, 11) is 0. The third-order valence-corrected chi connectivity index (χ3v) is 3.52. The molecule has 2 rings (SSSR count). The van der Waals surface area contributed by atoms with Gasteiger partial charge in [0.15, 0.2) is 0 Å². The van der Waals surface area contributed by atoms with Crippen LogP contribution >= 0.6 is 0 Å². The van der Waals surface area contributed by atoms with Crippen LogP contribution in [0.1, 0.15) is 39.7 Å². The summed E-state index contributed by atoms with van der Waals surface area (Å²) in [5, 5.41) is 6.21. The molecular formula is C16H22N2O. The van der Waals surface area contributed by atoms with Gasteiger partial charge in [-0.25, -0.2) is 5.01 Å². The maximum atomic E-state index is 12.1. The first-order valence-electron chi connectivity index (χ1n) is 6.84. The van der Waals surface area contributed by atoms with Crippen molar-refractivity contribution in [2.75, 3.05) is 0 Å². The lowest BCUT2D eigenvalue weighted by molar-refractivity contribution is -0.133. The highest BCUT2D eigenvalue weighted by atomic mass is 16.2. The first-order chi connectivity index (χ1) is 8.90. The molecule has 0 aliphatic carbocycles. The zero-order valence-electron chi connectivity index (χ0n) is 12.2. The van der Waals surface area contributed by atoms with Crippen LogP contribution in [0.2, 0.25) is 0 Å². The number of nitrogens with zero attached hydrogens (tertiary/aromatic N) is 2. The topological polar surface area (TPSA) is 32.7 Å². The van der Waals surface area contributed by atoms with E-state index in [2.05, 4.69) is 44.9 Å². The average Bonchev–Trinajstić information content (AvgIpc) is 2.73. The summed E-state index contributed by atoms with van der Waals surface area (Å²) < 4.78 is 0. The maximum absolute atomic E-state index is 12.1. The van der Waals surface area contributed by atoms with E-state index in [4.69, 9.17) is 0 Å². The molecule has 0 N–H and O–H groups in total. The van der Waals surface area contributed by atoms with Gasteiger partial charge in [-0.3, -0.25) is 4.79 Å². The maximum Gasteiger partial charge on any atom is 0.248 e. The first kappa shape index (κ1) is 13.8. The van der Waals surface area contributed by atoms with Crippen molar-refractivity contribution in [3.63, 3.8) is 0 Å². The van der Waals surface area contributed by atoms with Crippen LogP contribution in [0, 0.1) is 5.92 Å². The Kier molecular flexibility index (Phi) is 3.74. The number of carbonyl (C=O) groups is 1. The minimum Gasteiger partial charge on any atom is -0.273 e. The Hall–Kier alpha value is -1.64. The molecule has 0 bridgehead atoms. The van der Waals surface area contributed by atoms with Crippen LogP contribution in [-0.2, 0) is 11.2 Å². The Bertz CT molecular complexity index is 489. The molecule has 0 unspecified atom stereocenters. The van der Waals surface area contributed by atoms with Gasteiger partial charge >= 0.3 is 0 Å². The predicted molar refractivity (Wildman–Crippen MR) is 78.0 cm³/mol. The van der Waals surface area contributed by atoms with E-state index >= 15 is 0 Å². The molecule has 0 radical (unpaired) electrons. The van der Waals surface area contributed by atoms with Crippen molar-refractivity contribution in [3.05, 3.63) is 35.9 Å². The average molecular weight is 258 g/mol. The number of rotatable bonds is 4. The molecule has 0 atom stereocenters. The molecule has 0 saturated heterocycles. The van der Waals surface area contributed by atoms with Gasteiger partial charge in [0.05, 0.1) is 17.7 Å². The van der Waals surface area contributed by atoms with Crippen LogP contribution in [0.4, 0.5) is 0 Å². The molecule has 1 aromatic carbocycles. The Morgan fingerprint density at radius 3 is 2.42 bits per heavy atom. The van der Waals surface area contributed by atoms with Crippen LogP contribution in [-0.4, -0.2) is 22.2 Å². The largest absolute Gasteiger partial charge is 0.273 e. The lowest BCUT2D eigenvalue weighted by Gasteiger charge is -2.32. The smallest absolute Gasteiger partial charge is 0.248 e. The zero-order chi connectivity index (χ0) is 14.0. The molecule has 0 aromatic heterocycles. The summed E-state index contributed by atoms with van der Waals surface area (Å²) in [6, 6.07) is 10.2. The zero-order valence-corrected chi connectivity index (χ0v) is 12.2. The summed E-state index contributed by atoms with van der Waals surface area (Å²) in [4.78, 5) is 12.1. The Labute approximate surface area is 115 Å². The van der Waals surface area contributed by atoms with Crippen molar-refractivity contribution >= 4 is 11.6 Å². The van der Waals surface area contributed by atoms with Crippen molar-refractivity contribution in [1.82, 2.24) is 5.01 Å². The van der Waals surface area contributed by atoms with Crippen molar-refractivity contribution < 1.29 is 4.79 Å². The number of hydrogen-bond acceptors (Lipinski definition) is 2. The fraction of sp³-hybridized carbons (Fsp3) is 0.500. The molecule has 0 fully saturated rings. The Morgan fingerprint density at radius 2 is 1.89 bits per heavy atom. The molecule has 0 spiro atoms. The van der Waals surface area contributed by atoms with Crippen molar-refractivity contribution in [2.24, 2.45) is 11.0 Å². The molecule has 3 heteroatoms. The molecule has 19 heavy (non-hydrogen) atoms. The lowest BCUT2D eigenvalue weighted by atomic mass is 9.94. The molecule has 1 aromatic rings. The van der Waals surface area contributed by atoms with Crippen molar-refractivity contribution in [2.45, 2.75) is 46.1 Å². The second-order valence-electron chi connectivity index (χ2n) is 6.10. The molecule has 1 amide bonds. The van der Waals surface area contributed by atoms with Gasteiger partial charge in [-0.2, -0.15) is 5.10 Å². The van der Waals surface area contributed by atoms with Gasteiger partial charge in [-0.15, -0.1) is 0 Å². The molecule has 1 heterocycles. The highest BCUT2D eigenvalue weighted by molar-refractivity contribution is 6.06. The molecule has 1 aliphatic heterocycles. The van der Waals surface area contributed by atoms with E-state index in [9.17, 15) is 4.79 Å². The Morgan fingerprint density at radius 1 is 1.26 bits per heavy atom. The second-order valence-corrected chi connectivity index (χ2v) is 6.10. The number of hydrogen-bond donors (Lipinski definition) is 0. The minimum absolute atomic E-state index is 0.115. The fourth-order valence-electron chi connectivity index (χ4n) is 2.41. The van der Waals surface area contributed by atoms with Gasteiger partial charge in [-0.05, 0) is 31.7 Å². The van der Waals surface area contributed by atoms with E-state index in [-0.39, 0.29) is 11.4 Å². The lowest BCUT2D eigenvalue weighted by Crippen LogP contribution is -2.43. The van der Waals surface area contributed by atoms with Crippen molar-refractivity contribution in [3.8, 4) is 0 Å². The number of benzene rings is 1. The summed E-state index contributed by atoms with van der Waals surface area (Å²) >= 11 is 0. The highest BCUT2D eigenvalue weighted by Gasteiger charge is 2.36. The van der Waals surface area contributed by atoms with Gasteiger partial charge < -0.3 is 0 Å². The van der Waals surface area contributed by atoms with Crippen LogP contribution in [0.5, 0.6) is 0 Å². The molecule has 0 saturated carbocycles. The van der Waals surface area contributed by atoms with Gasteiger partial charge in [-0.1, -0.05) is 44.2 Å². The SMILES string of the molecule is CC(C)C1=NN(C(C)(C)Cc2ccccc2)C(=O)C1. The highest BCUT2D eigenvalue weighted by Crippen LogP contribution is 2.26. The predicted octanol–water partition coefficient (Wildman–Crippen LogP) is 3.25. The summed E-state index contributed by atoms with van der Waals surface area (Å²) in [5.41, 5.74) is 1.94. The van der Waals surface area contributed by atoms with E-state index in [0.29, 0.717) is 12.3 Å². The third kappa shape index (κ3) is 3.03. The van der Waals surface area contributed by atoms with Gasteiger partial charge in [0.25, 0.3) is 0 Å². The molecule has 1 aliphatic rings. The summed E-state index contributed by atoms with van der Waals surface area (Å²) in [6.07, 6.45) is 1.28. The van der Waals surface area contributed by atoms with E-state index in [1.165, 1.54) is 5.56 Å². The number of carbonyl (C=O) groups excluding carboxylic acids is 1. The number of hydrazone groups is 1. The molecular weight excluding hydrogens is 236 g/mol.